The number of ether oxygens (including phenoxy) is 1. The Hall–Kier alpha value is -2.89. The molecule has 2 rings (SSSR count). The molecule has 0 radical (unpaired) electrons. The van der Waals surface area contributed by atoms with E-state index in [0.717, 1.165) is 4.31 Å². The molecule has 0 saturated carbocycles. The minimum atomic E-state index is -3.81. The van der Waals surface area contributed by atoms with Gasteiger partial charge in [-0.2, -0.15) is 9.57 Å². The molecule has 1 N–H and O–H groups in total. The Morgan fingerprint density at radius 3 is 2.54 bits per heavy atom. The molecule has 136 valence electrons. The summed E-state index contributed by atoms with van der Waals surface area (Å²) in [6.07, 6.45) is 0. The van der Waals surface area contributed by atoms with Crippen molar-refractivity contribution in [2.45, 2.75) is 11.8 Å². The molecule has 0 saturated heterocycles. The molecule has 0 spiro atoms. The highest BCUT2D eigenvalue weighted by atomic mass is 32.2. The molecular weight excluding hydrogens is 354 g/mol. The van der Waals surface area contributed by atoms with Crippen LogP contribution in [-0.2, 0) is 14.8 Å². The third-order valence-electron chi connectivity index (χ3n) is 3.48. The lowest BCUT2D eigenvalue weighted by molar-refractivity contribution is -0.116. The van der Waals surface area contributed by atoms with Gasteiger partial charge in [0.05, 0.1) is 29.7 Å². The minimum absolute atomic E-state index is 0.0720. The van der Waals surface area contributed by atoms with Crippen LogP contribution in [-0.4, -0.2) is 38.8 Å². The third kappa shape index (κ3) is 4.81. The number of sulfonamides is 1. The van der Waals surface area contributed by atoms with Crippen molar-refractivity contribution in [3.8, 4) is 11.8 Å². The monoisotopic (exact) mass is 373 g/mol. The molecule has 0 unspecified atom stereocenters. The van der Waals surface area contributed by atoms with Crippen LogP contribution in [0.25, 0.3) is 0 Å². The van der Waals surface area contributed by atoms with Gasteiger partial charge in [0.2, 0.25) is 15.9 Å². The van der Waals surface area contributed by atoms with Gasteiger partial charge in [0.15, 0.2) is 0 Å². The summed E-state index contributed by atoms with van der Waals surface area (Å²) in [4.78, 5) is 12.2. The lowest BCUT2D eigenvalue weighted by atomic mass is 10.2. The van der Waals surface area contributed by atoms with Crippen LogP contribution in [0, 0.1) is 11.3 Å². The van der Waals surface area contributed by atoms with E-state index < -0.39 is 15.9 Å². The van der Waals surface area contributed by atoms with Crippen molar-refractivity contribution < 1.29 is 17.9 Å². The van der Waals surface area contributed by atoms with E-state index in [0.29, 0.717) is 23.6 Å². The first kappa shape index (κ1) is 19.4. The molecule has 0 atom stereocenters. The number of rotatable bonds is 7. The Morgan fingerprint density at radius 2 is 1.92 bits per heavy atom. The van der Waals surface area contributed by atoms with Gasteiger partial charge in [0.1, 0.15) is 5.75 Å². The van der Waals surface area contributed by atoms with Gasteiger partial charge in [-0.15, -0.1) is 0 Å². The Kier molecular flexibility index (Phi) is 6.33. The second-order valence-electron chi connectivity index (χ2n) is 5.41. The number of likely N-dealkylation sites (N-methyl/N-ethyl adjacent to an activating group) is 1. The number of carbonyl (C=O) groups is 1. The summed E-state index contributed by atoms with van der Waals surface area (Å²) in [5, 5.41) is 11.4. The zero-order valence-corrected chi connectivity index (χ0v) is 15.3. The number of benzene rings is 2. The van der Waals surface area contributed by atoms with Crippen molar-refractivity contribution in [3.63, 3.8) is 0 Å². The molecule has 8 heteroatoms. The van der Waals surface area contributed by atoms with E-state index in [-0.39, 0.29) is 11.4 Å². The van der Waals surface area contributed by atoms with Crippen LogP contribution in [0.5, 0.6) is 5.75 Å². The molecule has 0 bridgehead atoms. The van der Waals surface area contributed by atoms with Gasteiger partial charge >= 0.3 is 0 Å². The number of hydrogen-bond donors (Lipinski definition) is 1. The van der Waals surface area contributed by atoms with E-state index in [2.05, 4.69) is 5.32 Å². The van der Waals surface area contributed by atoms with Gasteiger partial charge < -0.3 is 10.1 Å². The molecule has 2 aromatic rings. The Bertz CT molecular complexity index is 918. The number of nitrogens with one attached hydrogen (secondary N) is 1. The van der Waals surface area contributed by atoms with Crippen LogP contribution < -0.4 is 10.1 Å². The fourth-order valence-corrected chi connectivity index (χ4v) is 3.34. The molecule has 0 aliphatic carbocycles. The first-order chi connectivity index (χ1) is 12.4. The molecule has 0 fully saturated rings. The Morgan fingerprint density at radius 1 is 1.23 bits per heavy atom. The zero-order chi connectivity index (χ0) is 19.2. The largest absolute Gasteiger partial charge is 0.494 e. The molecule has 1 amide bonds. The van der Waals surface area contributed by atoms with E-state index >= 15 is 0 Å². The smallest absolute Gasteiger partial charge is 0.243 e. The van der Waals surface area contributed by atoms with Gasteiger partial charge in [0, 0.05) is 12.7 Å². The first-order valence-electron chi connectivity index (χ1n) is 7.86. The molecule has 2 aromatic carbocycles. The van der Waals surface area contributed by atoms with Crippen molar-refractivity contribution in [1.29, 1.82) is 5.26 Å². The molecule has 0 aliphatic rings. The van der Waals surface area contributed by atoms with Gasteiger partial charge in [0.25, 0.3) is 0 Å². The molecule has 0 heterocycles. The molecular formula is C18H19N3O4S. The van der Waals surface area contributed by atoms with Crippen LogP contribution in [0.3, 0.4) is 0 Å². The summed E-state index contributed by atoms with van der Waals surface area (Å²) in [6.45, 7) is 1.97. The Labute approximate surface area is 152 Å². The van der Waals surface area contributed by atoms with Crippen molar-refractivity contribution >= 4 is 21.6 Å². The summed E-state index contributed by atoms with van der Waals surface area (Å²) >= 11 is 0. The fraction of sp³-hybridized carbons (Fsp3) is 0.222. The van der Waals surface area contributed by atoms with E-state index in [4.69, 9.17) is 10.00 Å². The van der Waals surface area contributed by atoms with E-state index in [1.807, 2.05) is 13.0 Å². The summed E-state index contributed by atoms with van der Waals surface area (Å²) in [7, 11) is -2.48. The number of nitrogens with zero attached hydrogens (tertiary/aromatic N) is 2. The van der Waals surface area contributed by atoms with Gasteiger partial charge in [-0.25, -0.2) is 8.42 Å². The number of anilines is 1. The van der Waals surface area contributed by atoms with Gasteiger partial charge in [-0.3, -0.25) is 4.79 Å². The molecule has 0 aromatic heterocycles. The fourth-order valence-electron chi connectivity index (χ4n) is 2.21. The summed E-state index contributed by atoms with van der Waals surface area (Å²) < 4.78 is 31.4. The quantitative estimate of drug-likeness (QED) is 0.802. The average molecular weight is 373 g/mol. The first-order valence-corrected chi connectivity index (χ1v) is 9.30. The third-order valence-corrected chi connectivity index (χ3v) is 5.30. The van der Waals surface area contributed by atoms with Crippen molar-refractivity contribution in [2.24, 2.45) is 0 Å². The van der Waals surface area contributed by atoms with Crippen LogP contribution in [0.4, 0.5) is 5.69 Å². The topological polar surface area (TPSA) is 99.5 Å². The lowest BCUT2D eigenvalue weighted by Crippen LogP contribution is -2.34. The number of amides is 1. The van der Waals surface area contributed by atoms with E-state index in [1.165, 1.54) is 25.2 Å². The van der Waals surface area contributed by atoms with Gasteiger partial charge in [-0.1, -0.05) is 6.07 Å². The normalized spacial score (nSPS) is 11.0. The van der Waals surface area contributed by atoms with Crippen molar-refractivity contribution in [1.82, 2.24) is 4.31 Å². The van der Waals surface area contributed by atoms with Crippen LogP contribution >= 0.6 is 0 Å². The average Bonchev–Trinajstić information content (AvgIpc) is 2.62. The van der Waals surface area contributed by atoms with Crippen molar-refractivity contribution in [2.75, 3.05) is 25.5 Å². The molecule has 0 aliphatic heterocycles. The van der Waals surface area contributed by atoms with E-state index in [9.17, 15) is 13.2 Å². The van der Waals surface area contributed by atoms with Crippen molar-refractivity contribution in [3.05, 3.63) is 54.1 Å². The lowest BCUT2D eigenvalue weighted by Gasteiger charge is -2.17. The molecule has 26 heavy (non-hydrogen) atoms. The van der Waals surface area contributed by atoms with Crippen LogP contribution in [0.15, 0.2) is 53.4 Å². The standard InChI is InChI=1S/C18H19N3O4S/c1-3-25-16-7-9-17(10-8-16)26(23,24)21(2)13-18(22)20-15-6-4-5-14(11-15)12-19/h4-11H,3,13H2,1-2H3,(H,20,22). The summed E-state index contributed by atoms with van der Waals surface area (Å²) in [5.74, 6) is 0.0707. The second-order valence-corrected chi connectivity index (χ2v) is 7.45. The molecule has 7 nitrogen and oxygen atoms in total. The Balaban J connectivity index is 2.05. The number of carbonyl (C=O) groups excluding carboxylic acids is 1. The maximum absolute atomic E-state index is 12.6. The predicted molar refractivity (Wildman–Crippen MR) is 97.2 cm³/mol. The highest BCUT2D eigenvalue weighted by Crippen LogP contribution is 2.19. The second kappa shape index (κ2) is 8.47. The van der Waals surface area contributed by atoms with Gasteiger partial charge in [-0.05, 0) is 49.4 Å². The predicted octanol–water partition coefficient (Wildman–Crippen LogP) is 2.22. The van der Waals surface area contributed by atoms with Crippen LogP contribution in [0.1, 0.15) is 12.5 Å². The maximum Gasteiger partial charge on any atom is 0.243 e. The minimum Gasteiger partial charge on any atom is -0.494 e. The number of nitriles is 1. The summed E-state index contributed by atoms with van der Waals surface area (Å²) in [5.41, 5.74) is 0.832. The SMILES string of the molecule is CCOc1ccc(S(=O)(=O)N(C)CC(=O)Nc2cccc(C#N)c2)cc1. The highest BCUT2D eigenvalue weighted by Gasteiger charge is 2.23. The number of hydrogen-bond acceptors (Lipinski definition) is 5. The zero-order valence-electron chi connectivity index (χ0n) is 14.5. The van der Waals surface area contributed by atoms with Crippen LogP contribution in [0.2, 0.25) is 0 Å². The highest BCUT2D eigenvalue weighted by molar-refractivity contribution is 7.89. The summed E-state index contributed by atoms with van der Waals surface area (Å²) in [6, 6.07) is 14.4. The van der Waals surface area contributed by atoms with E-state index in [1.54, 1.807) is 30.3 Å². The maximum atomic E-state index is 12.6.